The first-order chi connectivity index (χ1) is 19.5. The van der Waals surface area contributed by atoms with E-state index in [-0.39, 0.29) is 11.5 Å². The van der Waals surface area contributed by atoms with Crippen LogP contribution in [0.1, 0.15) is 40.3 Å². The molecule has 1 unspecified atom stereocenters. The predicted octanol–water partition coefficient (Wildman–Crippen LogP) is 9.62. The lowest BCUT2D eigenvalue weighted by Crippen LogP contribution is -2.28. The van der Waals surface area contributed by atoms with Gasteiger partial charge in [-0.05, 0) is 115 Å². The molecule has 1 atom stereocenters. The molecular weight excluding hydrogens is 488 g/mol. The van der Waals surface area contributed by atoms with Crippen molar-refractivity contribution in [2.24, 2.45) is 0 Å². The smallest absolute Gasteiger partial charge is 0.116 e. The number of hydrogen-bond donors (Lipinski definition) is 2. The minimum atomic E-state index is -0.587. The molecule has 0 spiro atoms. The highest BCUT2D eigenvalue weighted by molar-refractivity contribution is 5.96. The molecule has 2 N–H and O–H groups in total. The fraction of sp³-hybridized carbons (Fsp3) is 0.0526. The molecule has 1 aliphatic rings. The molecule has 0 saturated heterocycles. The number of fused-ring (bicyclic) bond motifs is 5. The van der Waals surface area contributed by atoms with Crippen LogP contribution >= 0.6 is 0 Å². The van der Waals surface area contributed by atoms with Crippen molar-refractivity contribution >= 4 is 33.7 Å². The number of aromatic hydroxyl groups is 1. The van der Waals surface area contributed by atoms with E-state index in [0.717, 1.165) is 33.0 Å². The first-order valence-electron chi connectivity index (χ1n) is 13.5. The van der Waals surface area contributed by atoms with Gasteiger partial charge in [-0.3, -0.25) is 0 Å². The standard InChI is InChI=1S/C38H28O2/c1-3-25-19-31(15-12-28(25)18-24(2)39)38(32-16-13-30-21-33(40)17-14-29(30)20-32)36-11-7-6-10-34(36)35-22-26-8-4-5-9-27(26)23-37(35)38/h3-23,39-40H,1H2,2H3/b24-18+. The number of benzene rings is 6. The highest BCUT2D eigenvalue weighted by Crippen LogP contribution is 2.57. The average Bonchev–Trinajstić information content (AvgIpc) is 3.25. The Bertz CT molecular complexity index is 2010. The van der Waals surface area contributed by atoms with Gasteiger partial charge in [-0.25, -0.2) is 0 Å². The fourth-order valence-corrected chi connectivity index (χ4v) is 6.56. The van der Waals surface area contributed by atoms with Gasteiger partial charge in [0.2, 0.25) is 0 Å². The van der Waals surface area contributed by atoms with E-state index in [9.17, 15) is 10.2 Å². The van der Waals surface area contributed by atoms with Crippen LogP contribution in [-0.2, 0) is 5.41 Å². The van der Waals surface area contributed by atoms with Gasteiger partial charge in [0.1, 0.15) is 5.75 Å². The zero-order valence-electron chi connectivity index (χ0n) is 22.2. The van der Waals surface area contributed by atoms with Crippen molar-refractivity contribution < 1.29 is 10.2 Å². The van der Waals surface area contributed by atoms with Crippen LogP contribution in [0.2, 0.25) is 0 Å². The largest absolute Gasteiger partial charge is 0.513 e. The molecule has 0 heterocycles. The SMILES string of the molecule is C=Cc1cc(C2(c3ccc4cc(O)ccc4c3)c3ccccc3-c3cc4ccccc4cc32)ccc1/C=C(\C)O. The summed E-state index contributed by atoms with van der Waals surface area (Å²) in [6.45, 7) is 5.79. The maximum atomic E-state index is 10.1. The monoisotopic (exact) mass is 516 g/mol. The minimum absolute atomic E-state index is 0.256. The molecule has 0 aromatic heterocycles. The molecule has 0 amide bonds. The van der Waals surface area contributed by atoms with E-state index >= 15 is 0 Å². The Balaban J connectivity index is 1.64. The number of phenolic OH excluding ortho intramolecular Hbond substituents is 1. The summed E-state index contributed by atoms with van der Waals surface area (Å²) in [4.78, 5) is 0. The summed E-state index contributed by atoms with van der Waals surface area (Å²) < 4.78 is 0. The van der Waals surface area contributed by atoms with Crippen molar-refractivity contribution in [1.82, 2.24) is 0 Å². The second kappa shape index (κ2) is 9.00. The van der Waals surface area contributed by atoms with E-state index in [4.69, 9.17) is 0 Å². The van der Waals surface area contributed by atoms with Crippen LogP contribution < -0.4 is 0 Å². The van der Waals surface area contributed by atoms with Crippen molar-refractivity contribution in [3.63, 3.8) is 0 Å². The van der Waals surface area contributed by atoms with E-state index < -0.39 is 5.41 Å². The quantitative estimate of drug-likeness (QED) is 0.229. The van der Waals surface area contributed by atoms with E-state index in [1.165, 1.54) is 33.0 Å². The fourth-order valence-electron chi connectivity index (χ4n) is 6.56. The minimum Gasteiger partial charge on any atom is -0.513 e. The molecular formula is C38H28O2. The van der Waals surface area contributed by atoms with Crippen molar-refractivity contribution in [2.45, 2.75) is 12.3 Å². The molecule has 0 radical (unpaired) electrons. The topological polar surface area (TPSA) is 40.5 Å². The Hall–Kier alpha value is -5.08. The Morgan fingerprint density at radius 3 is 2.08 bits per heavy atom. The van der Waals surface area contributed by atoms with E-state index in [2.05, 4.69) is 104 Å². The van der Waals surface area contributed by atoms with Crippen LogP contribution in [0.25, 0.3) is 44.8 Å². The Morgan fingerprint density at radius 2 is 1.27 bits per heavy atom. The van der Waals surface area contributed by atoms with Gasteiger partial charge in [0.15, 0.2) is 0 Å². The molecule has 0 fully saturated rings. The highest BCUT2D eigenvalue weighted by Gasteiger charge is 2.46. The van der Waals surface area contributed by atoms with Crippen LogP contribution in [-0.4, -0.2) is 10.2 Å². The summed E-state index contributed by atoms with van der Waals surface area (Å²) >= 11 is 0. The zero-order chi connectivity index (χ0) is 27.4. The third-order valence-corrected chi connectivity index (χ3v) is 8.27. The van der Waals surface area contributed by atoms with E-state index in [1.807, 2.05) is 18.2 Å². The lowest BCUT2D eigenvalue weighted by atomic mass is 9.67. The molecule has 2 heteroatoms. The normalized spacial score (nSPS) is 16.2. The second-order valence-corrected chi connectivity index (χ2v) is 10.6. The predicted molar refractivity (Wildman–Crippen MR) is 167 cm³/mol. The Labute approximate surface area is 233 Å². The maximum Gasteiger partial charge on any atom is 0.116 e. The number of rotatable bonds is 4. The summed E-state index contributed by atoms with van der Waals surface area (Å²) in [5.74, 6) is 0.516. The number of aliphatic hydroxyl groups is 1. The van der Waals surface area contributed by atoms with Crippen LogP contribution in [0, 0.1) is 0 Å². The molecule has 6 aromatic rings. The highest BCUT2D eigenvalue weighted by atomic mass is 16.3. The van der Waals surface area contributed by atoms with Crippen LogP contribution in [0.15, 0.2) is 128 Å². The van der Waals surface area contributed by atoms with Gasteiger partial charge in [0.25, 0.3) is 0 Å². The zero-order valence-corrected chi connectivity index (χ0v) is 22.2. The van der Waals surface area contributed by atoms with Gasteiger partial charge >= 0.3 is 0 Å². The van der Waals surface area contributed by atoms with Gasteiger partial charge in [0.05, 0.1) is 11.2 Å². The molecule has 2 nitrogen and oxygen atoms in total. The lowest BCUT2D eigenvalue weighted by Gasteiger charge is -2.34. The van der Waals surface area contributed by atoms with E-state index in [1.54, 1.807) is 19.1 Å². The molecule has 7 rings (SSSR count). The molecule has 192 valence electrons. The molecule has 40 heavy (non-hydrogen) atoms. The van der Waals surface area contributed by atoms with Gasteiger partial charge in [-0.15, -0.1) is 0 Å². The lowest BCUT2D eigenvalue weighted by molar-refractivity contribution is 0.420. The third-order valence-electron chi connectivity index (χ3n) is 8.27. The van der Waals surface area contributed by atoms with Crippen LogP contribution in [0.3, 0.4) is 0 Å². The van der Waals surface area contributed by atoms with Crippen molar-refractivity contribution in [3.8, 4) is 16.9 Å². The molecule has 0 aliphatic heterocycles. The number of allylic oxidation sites excluding steroid dienone is 1. The number of phenols is 1. The van der Waals surface area contributed by atoms with Crippen LogP contribution in [0.4, 0.5) is 0 Å². The molecule has 0 bridgehead atoms. The molecule has 1 aliphatic carbocycles. The van der Waals surface area contributed by atoms with Crippen molar-refractivity contribution in [3.05, 3.63) is 161 Å². The third kappa shape index (κ3) is 3.50. The van der Waals surface area contributed by atoms with Gasteiger partial charge in [0, 0.05) is 0 Å². The van der Waals surface area contributed by atoms with Gasteiger partial charge in [-0.2, -0.15) is 0 Å². The van der Waals surface area contributed by atoms with Gasteiger partial charge in [-0.1, -0.05) is 91.5 Å². The van der Waals surface area contributed by atoms with Crippen molar-refractivity contribution in [1.29, 1.82) is 0 Å². The first kappa shape index (κ1) is 24.0. The Kier molecular flexibility index (Phi) is 5.40. The Morgan fingerprint density at radius 1 is 0.625 bits per heavy atom. The number of hydrogen-bond acceptors (Lipinski definition) is 2. The summed E-state index contributed by atoms with van der Waals surface area (Å²) in [6, 6.07) is 40.5. The average molecular weight is 517 g/mol. The first-order valence-corrected chi connectivity index (χ1v) is 13.5. The van der Waals surface area contributed by atoms with Crippen LogP contribution in [0.5, 0.6) is 5.75 Å². The summed E-state index contributed by atoms with van der Waals surface area (Å²) in [5.41, 5.74) is 8.52. The molecule has 6 aromatic carbocycles. The summed E-state index contributed by atoms with van der Waals surface area (Å²) in [7, 11) is 0. The molecule has 0 saturated carbocycles. The summed E-state index contributed by atoms with van der Waals surface area (Å²) in [5, 5.41) is 24.6. The van der Waals surface area contributed by atoms with E-state index in [0.29, 0.717) is 0 Å². The summed E-state index contributed by atoms with van der Waals surface area (Å²) in [6.07, 6.45) is 3.64. The maximum absolute atomic E-state index is 10.1. The van der Waals surface area contributed by atoms with Gasteiger partial charge < -0.3 is 10.2 Å². The van der Waals surface area contributed by atoms with Crippen molar-refractivity contribution in [2.75, 3.05) is 0 Å². The second-order valence-electron chi connectivity index (χ2n) is 10.6. The number of aliphatic hydroxyl groups excluding tert-OH is 1.